The molecule has 1 amide bonds. The molecule has 3 rings (SSSR count). The van der Waals surface area contributed by atoms with Crippen LogP contribution in [0, 0.1) is 0 Å². The van der Waals surface area contributed by atoms with Gasteiger partial charge < -0.3 is 89.9 Å². The third-order valence-corrected chi connectivity index (χ3v) is 17.2. The number of amides is 1. The lowest BCUT2D eigenvalue weighted by molar-refractivity contribution is -0.379. The minimum absolute atomic E-state index is 0.233. The van der Waals surface area contributed by atoms with Gasteiger partial charge in [-0.2, -0.15) is 0 Å². The van der Waals surface area contributed by atoms with Crippen molar-refractivity contribution in [1.29, 1.82) is 0 Å². The molecule has 12 N–H and O–H groups in total. The quantitative estimate of drug-likeness (QED) is 0.0199. The summed E-state index contributed by atoms with van der Waals surface area (Å²) in [6.45, 7) is 1.60. The zero-order valence-corrected chi connectivity index (χ0v) is 55.1. The summed E-state index contributed by atoms with van der Waals surface area (Å²) in [7, 11) is 0. The van der Waals surface area contributed by atoms with Crippen LogP contribution in [0.25, 0.3) is 0 Å². The molecule has 0 aromatic rings. The molecule has 19 heteroatoms. The van der Waals surface area contributed by atoms with E-state index in [0.29, 0.717) is 12.8 Å². The van der Waals surface area contributed by atoms with Crippen molar-refractivity contribution in [2.24, 2.45) is 0 Å². The number of rotatable bonds is 53. The van der Waals surface area contributed by atoms with Crippen molar-refractivity contribution in [2.45, 2.75) is 343 Å². The topological polar surface area (TPSA) is 307 Å². The molecule has 0 spiro atoms. The second-order valence-electron chi connectivity index (χ2n) is 25.0. The maximum Gasteiger partial charge on any atom is 0.220 e. The molecule has 0 aromatic carbocycles. The largest absolute Gasteiger partial charge is 0.394 e. The lowest BCUT2D eigenvalue weighted by atomic mass is 9.96. The Bertz CT molecular complexity index is 1920. The highest BCUT2D eigenvalue weighted by Crippen LogP contribution is 2.33. The van der Waals surface area contributed by atoms with Crippen LogP contribution >= 0.6 is 0 Å². The smallest absolute Gasteiger partial charge is 0.220 e. The van der Waals surface area contributed by atoms with Gasteiger partial charge in [0.25, 0.3) is 0 Å². The molecule has 0 radical (unpaired) electrons. The molecule has 90 heavy (non-hydrogen) atoms. The van der Waals surface area contributed by atoms with Crippen molar-refractivity contribution in [3.63, 3.8) is 0 Å². The molecule has 3 fully saturated rings. The SMILES string of the molecule is CC/C=C\C/C=C\C/C=C\C/C=C\CCCCCCCCCCCCCCCCCCC(=O)NC(COC1OC(CO)C(OC2OC(CO)C(OC3OC(CO)C(O)C(O)C3O)C(O)C2O)C(O)C1O)C(O)/C=C/CC/C=C/CCCCCCCCCCCC. The van der Waals surface area contributed by atoms with Gasteiger partial charge in [-0.25, -0.2) is 0 Å². The number of hydrogen-bond donors (Lipinski definition) is 12. The van der Waals surface area contributed by atoms with E-state index in [0.717, 1.165) is 64.2 Å². The molecule has 0 bridgehead atoms. The number of aliphatic hydroxyl groups is 11. The van der Waals surface area contributed by atoms with Gasteiger partial charge in [0.2, 0.25) is 5.91 Å². The Balaban J connectivity index is 1.41. The van der Waals surface area contributed by atoms with Crippen LogP contribution in [-0.4, -0.2) is 193 Å². The van der Waals surface area contributed by atoms with Crippen LogP contribution in [0.4, 0.5) is 0 Å². The molecule has 3 aliphatic rings. The fourth-order valence-electron chi connectivity index (χ4n) is 11.6. The Labute approximate surface area is 540 Å². The van der Waals surface area contributed by atoms with Crippen LogP contribution in [0.1, 0.15) is 239 Å². The lowest BCUT2D eigenvalue weighted by Gasteiger charge is -2.48. The normalized spacial score (nSPS) is 28.5. The molecule has 0 saturated carbocycles. The lowest BCUT2D eigenvalue weighted by Crippen LogP contribution is -2.66. The number of aliphatic hydroxyl groups excluding tert-OH is 11. The van der Waals surface area contributed by atoms with Gasteiger partial charge in [0.15, 0.2) is 18.9 Å². The number of unbranched alkanes of at least 4 members (excludes halogenated alkanes) is 27. The van der Waals surface area contributed by atoms with Gasteiger partial charge >= 0.3 is 0 Å². The van der Waals surface area contributed by atoms with E-state index >= 15 is 0 Å². The molecule has 17 atom stereocenters. The third kappa shape index (κ3) is 34.1. The van der Waals surface area contributed by atoms with E-state index < -0.39 is 124 Å². The second kappa shape index (κ2) is 52.5. The first-order valence-electron chi connectivity index (χ1n) is 35.2. The summed E-state index contributed by atoms with van der Waals surface area (Å²) in [5.74, 6) is -0.286. The molecular weight excluding hydrogens is 1150 g/mol. The fourth-order valence-corrected chi connectivity index (χ4v) is 11.6. The van der Waals surface area contributed by atoms with E-state index in [9.17, 15) is 61.0 Å². The minimum Gasteiger partial charge on any atom is -0.394 e. The van der Waals surface area contributed by atoms with Crippen molar-refractivity contribution in [3.05, 3.63) is 72.9 Å². The number of allylic oxidation sites excluding steroid dienone is 11. The molecule has 522 valence electrons. The maximum absolute atomic E-state index is 13.4. The number of ether oxygens (including phenoxy) is 6. The first-order chi connectivity index (χ1) is 43.8. The van der Waals surface area contributed by atoms with Crippen LogP contribution in [0.5, 0.6) is 0 Å². The van der Waals surface area contributed by atoms with Gasteiger partial charge in [-0.15, -0.1) is 0 Å². The summed E-state index contributed by atoms with van der Waals surface area (Å²) in [6.07, 6.45) is 38.8. The number of carbonyl (C=O) groups is 1. The molecule has 17 unspecified atom stereocenters. The van der Waals surface area contributed by atoms with Crippen molar-refractivity contribution < 1.29 is 89.4 Å². The van der Waals surface area contributed by atoms with E-state index in [1.807, 2.05) is 6.08 Å². The monoisotopic (exact) mass is 1280 g/mol. The van der Waals surface area contributed by atoms with Gasteiger partial charge in [0.05, 0.1) is 38.6 Å². The van der Waals surface area contributed by atoms with E-state index in [2.05, 4.69) is 79.9 Å². The number of nitrogens with one attached hydrogen (secondary N) is 1. The van der Waals surface area contributed by atoms with Gasteiger partial charge in [-0.3, -0.25) is 4.79 Å². The Morgan fingerprint density at radius 1 is 0.411 bits per heavy atom. The van der Waals surface area contributed by atoms with E-state index in [1.54, 1.807) is 6.08 Å². The molecule has 0 aliphatic carbocycles. The van der Waals surface area contributed by atoms with Crippen molar-refractivity contribution in [3.8, 4) is 0 Å². The summed E-state index contributed by atoms with van der Waals surface area (Å²) in [5, 5.41) is 120. The van der Waals surface area contributed by atoms with E-state index in [4.69, 9.17) is 28.4 Å². The summed E-state index contributed by atoms with van der Waals surface area (Å²) in [5.41, 5.74) is 0. The molecule has 3 heterocycles. The zero-order chi connectivity index (χ0) is 65.4. The van der Waals surface area contributed by atoms with Crippen LogP contribution < -0.4 is 5.32 Å². The van der Waals surface area contributed by atoms with Crippen molar-refractivity contribution >= 4 is 5.91 Å². The number of hydrogen-bond acceptors (Lipinski definition) is 18. The Hall–Kier alpha value is -2.77. The zero-order valence-electron chi connectivity index (χ0n) is 55.1. The van der Waals surface area contributed by atoms with Gasteiger partial charge in [0, 0.05) is 6.42 Å². The molecule has 0 aromatic heterocycles. The van der Waals surface area contributed by atoms with E-state index in [1.165, 1.54) is 141 Å². The van der Waals surface area contributed by atoms with E-state index in [-0.39, 0.29) is 18.9 Å². The van der Waals surface area contributed by atoms with Gasteiger partial charge in [0.1, 0.15) is 73.2 Å². The predicted octanol–water partition coefficient (Wildman–Crippen LogP) is 9.33. The van der Waals surface area contributed by atoms with Crippen LogP contribution in [0.2, 0.25) is 0 Å². The highest BCUT2D eigenvalue weighted by molar-refractivity contribution is 5.76. The average Bonchev–Trinajstić information content (AvgIpc) is 1.05. The van der Waals surface area contributed by atoms with Crippen molar-refractivity contribution in [1.82, 2.24) is 5.32 Å². The molecule has 3 aliphatic heterocycles. The Morgan fingerprint density at radius 2 is 0.778 bits per heavy atom. The first-order valence-corrected chi connectivity index (χ1v) is 35.2. The Kier molecular flexibility index (Phi) is 47.5. The summed E-state index contributed by atoms with van der Waals surface area (Å²) in [6, 6.07) is -0.992. The first kappa shape index (κ1) is 81.5. The third-order valence-electron chi connectivity index (χ3n) is 17.2. The average molecular weight is 1280 g/mol. The fraction of sp³-hybridized carbons (Fsp3) is 0.817. The van der Waals surface area contributed by atoms with Crippen LogP contribution in [-0.2, 0) is 33.2 Å². The van der Waals surface area contributed by atoms with Gasteiger partial charge in [-0.05, 0) is 70.6 Å². The highest BCUT2D eigenvalue weighted by Gasteiger charge is 2.53. The standard InChI is InChI=1S/C71H125NO18/c1-3-5-7-9-11-13-15-17-19-21-22-23-24-25-26-27-28-29-30-31-32-33-35-37-39-41-43-45-47-49-59(77)72-54(55(76)48-46-44-42-40-38-36-34-20-18-16-14-12-10-8-6-4-2)53-85-69-65(83)62(80)67(57(51-74)87-69)90-71-66(84)63(81)68(58(52-75)88-71)89-70-64(82)61(79)60(78)56(50-73)86-70/h5,7,11,13,17,19,22-23,38,40,46,48,54-58,60-71,73-76,78-84H,3-4,6,8-10,12,14-16,18,20-21,24-37,39,41-45,47,49-53H2,1-2H3,(H,72,77)/b7-5-,13-11-,19-17-,23-22-,40-38+,48-46+. The predicted molar refractivity (Wildman–Crippen MR) is 351 cm³/mol. The van der Waals surface area contributed by atoms with Crippen LogP contribution in [0.15, 0.2) is 72.9 Å². The Morgan fingerprint density at radius 3 is 1.24 bits per heavy atom. The summed E-state index contributed by atoms with van der Waals surface area (Å²) >= 11 is 0. The van der Waals surface area contributed by atoms with Gasteiger partial charge in [-0.1, -0.05) is 234 Å². The highest BCUT2D eigenvalue weighted by atomic mass is 16.8. The maximum atomic E-state index is 13.4. The van der Waals surface area contributed by atoms with Crippen LogP contribution in [0.3, 0.4) is 0 Å². The molecule has 19 nitrogen and oxygen atoms in total. The minimum atomic E-state index is -1.98. The van der Waals surface area contributed by atoms with Crippen molar-refractivity contribution in [2.75, 3.05) is 26.4 Å². The second-order valence-corrected chi connectivity index (χ2v) is 25.0. The summed E-state index contributed by atoms with van der Waals surface area (Å²) in [4.78, 5) is 13.4. The molecule has 3 saturated heterocycles. The number of carbonyl (C=O) groups excluding carboxylic acids is 1. The summed E-state index contributed by atoms with van der Waals surface area (Å²) < 4.78 is 34.3. The molecular formula is C71H125NO18.